The Kier molecular flexibility index (Phi) is 10.6. The second-order valence-electron chi connectivity index (χ2n) is 7.77. The number of aryl methyl sites for hydroxylation is 2. The second kappa shape index (κ2) is 12.7. The van der Waals surface area contributed by atoms with E-state index in [-0.39, 0.29) is 47.3 Å². The molecule has 0 aliphatic carbocycles. The maximum Gasteiger partial charge on any atom is 1.00 e. The van der Waals surface area contributed by atoms with E-state index >= 15 is 0 Å². The molecular weight excluding hydrogens is 475 g/mol. The zero-order valence-electron chi connectivity index (χ0n) is 19.6. The molecule has 0 saturated carbocycles. The van der Waals surface area contributed by atoms with Crippen LogP contribution in [0.15, 0.2) is 30.3 Å². The minimum atomic E-state index is -1.68. The van der Waals surface area contributed by atoms with Gasteiger partial charge in [-0.15, -0.1) is 0 Å². The fourth-order valence-electron chi connectivity index (χ4n) is 3.77. The van der Waals surface area contributed by atoms with E-state index in [0.29, 0.717) is 17.9 Å². The minimum absolute atomic E-state index is 0. The maximum atomic E-state index is 12.5. The van der Waals surface area contributed by atoms with Crippen molar-refractivity contribution in [1.82, 2.24) is 0 Å². The topological polar surface area (TPSA) is 178 Å². The first-order valence-electron chi connectivity index (χ1n) is 10.5. The van der Waals surface area contributed by atoms with Crippen molar-refractivity contribution in [1.29, 1.82) is 0 Å². The van der Waals surface area contributed by atoms with Crippen molar-refractivity contribution in [3.63, 3.8) is 0 Å². The molecule has 1 heterocycles. The van der Waals surface area contributed by atoms with Crippen LogP contribution in [0.1, 0.15) is 21.5 Å². The van der Waals surface area contributed by atoms with Crippen molar-refractivity contribution < 1.29 is 83.9 Å². The summed E-state index contributed by atoms with van der Waals surface area (Å²) in [6.45, 7) is -0.647. The van der Waals surface area contributed by atoms with Crippen LogP contribution in [0.3, 0.4) is 0 Å². The number of carboxylic acid groups (broad SMARTS) is 1. The molecule has 3 rings (SSSR count). The summed E-state index contributed by atoms with van der Waals surface area (Å²) < 4.78 is 21.3. The molecule has 1 aliphatic rings. The molecule has 1 saturated heterocycles. The van der Waals surface area contributed by atoms with Crippen LogP contribution >= 0.6 is 0 Å². The van der Waals surface area contributed by atoms with E-state index in [0.717, 1.165) is 11.6 Å². The number of aromatic carboxylic acids is 1. The zero-order valence-corrected chi connectivity index (χ0v) is 21.6. The summed E-state index contributed by atoms with van der Waals surface area (Å²) in [7, 11) is 3.00. The molecule has 5 atom stereocenters. The first kappa shape index (κ1) is 29.1. The SMILES string of the molecule is COc1ccc(CCc2cc(O[C@@H]3O[C@H](CO)[C@@H](O)[C@H](O)[C@H]3O)cc([O-])c2C(=O)O)cc1OC.[Na+]. The molecule has 12 heteroatoms. The molecule has 35 heavy (non-hydrogen) atoms. The molecule has 186 valence electrons. The van der Waals surface area contributed by atoms with Crippen LogP contribution in [0, 0.1) is 0 Å². The normalized spacial score (nSPS) is 23.8. The summed E-state index contributed by atoms with van der Waals surface area (Å²) >= 11 is 0. The number of carbonyl (C=O) groups is 1. The van der Waals surface area contributed by atoms with Crippen LogP contribution in [0.5, 0.6) is 23.0 Å². The summed E-state index contributed by atoms with van der Waals surface area (Å²) in [4.78, 5) is 11.7. The number of carboxylic acids is 1. The van der Waals surface area contributed by atoms with E-state index in [2.05, 4.69) is 0 Å². The molecule has 0 unspecified atom stereocenters. The monoisotopic (exact) mass is 502 g/mol. The van der Waals surface area contributed by atoms with E-state index in [1.807, 2.05) is 0 Å². The zero-order chi connectivity index (χ0) is 25.0. The smallest absolute Gasteiger partial charge is 0.872 e. The Bertz CT molecular complexity index is 1010. The van der Waals surface area contributed by atoms with Gasteiger partial charge in [-0.1, -0.05) is 11.8 Å². The van der Waals surface area contributed by atoms with Gasteiger partial charge in [-0.05, 0) is 48.2 Å². The van der Waals surface area contributed by atoms with Crippen molar-refractivity contribution in [2.45, 2.75) is 43.5 Å². The molecule has 1 aliphatic heterocycles. The Labute approximate surface area is 223 Å². The number of ether oxygens (including phenoxy) is 4. The molecular formula is C23H27NaO11. The predicted octanol–water partition coefficient (Wildman–Crippen LogP) is -3.56. The number of rotatable bonds is 9. The molecule has 2 aromatic carbocycles. The van der Waals surface area contributed by atoms with Crippen LogP contribution < -0.4 is 48.9 Å². The van der Waals surface area contributed by atoms with Gasteiger partial charge in [0.2, 0.25) is 6.29 Å². The van der Waals surface area contributed by atoms with Gasteiger partial charge >= 0.3 is 35.5 Å². The number of hydrogen-bond acceptors (Lipinski definition) is 10. The molecule has 11 nitrogen and oxygen atoms in total. The number of aliphatic hydroxyl groups excluding tert-OH is 4. The van der Waals surface area contributed by atoms with Crippen LogP contribution in [0.4, 0.5) is 0 Å². The molecule has 5 N–H and O–H groups in total. The van der Waals surface area contributed by atoms with E-state index in [4.69, 9.17) is 18.9 Å². The maximum absolute atomic E-state index is 12.5. The molecule has 0 aromatic heterocycles. The van der Waals surface area contributed by atoms with Gasteiger partial charge in [0.05, 0.1) is 26.4 Å². The third-order valence-electron chi connectivity index (χ3n) is 5.60. The minimum Gasteiger partial charge on any atom is -0.872 e. The number of aliphatic hydroxyl groups is 4. The molecule has 0 spiro atoms. The Morgan fingerprint density at radius 1 is 1.00 bits per heavy atom. The Balaban J connectivity index is 0.00000432. The first-order valence-corrected chi connectivity index (χ1v) is 10.5. The molecule has 2 aromatic rings. The van der Waals surface area contributed by atoms with E-state index in [9.17, 15) is 35.4 Å². The van der Waals surface area contributed by atoms with Gasteiger partial charge in [-0.3, -0.25) is 0 Å². The molecule has 0 radical (unpaired) electrons. The van der Waals surface area contributed by atoms with E-state index in [1.54, 1.807) is 18.2 Å². The summed E-state index contributed by atoms with van der Waals surface area (Å²) in [6, 6.07) is 7.52. The summed E-state index contributed by atoms with van der Waals surface area (Å²) in [5.41, 5.74) is 0.581. The fraction of sp³-hybridized carbons (Fsp3) is 0.435. The van der Waals surface area contributed by atoms with Gasteiger partial charge in [0.25, 0.3) is 0 Å². The van der Waals surface area contributed by atoms with Crippen LogP contribution in [0.2, 0.25) is 0 Å². The second-order valence-corrected chi connectivity index (χ2v) is 7.77. The standard InChI is InChI=1S/C23H28O11.Na/c1-31-15-6-4-11(7-16(15)32-2)3-5-12-8-13(9-14(25)18(12)22(29)30)33-23-21(28)20(27)19(26)17(10-24)34-23;/h4,6-9,17,19-21,23-28H,3,5,10H2,1-2H3,(H,29,30);/q;+1/p-1/t17-,19-,20+,21-,23-;/m1./s1. The quantitative estimate of drug-likeness (QED) is 0.214. The Morgan fingerprint density at radius 3 is 2.29 bits per heavy atom. The van der Waals surface area contributed by atoms with Crippen LogP contribution in [-0.4, -0.2) is 83.0 Å². The molecule has 0 amide bonds. The van der Waals surface area contributed by atoms with Crippen molar-refractivity contribution >= 4 is 5.97 Å². The number of benzene rings is 2. The van der Waals surface area contributed by atoms with Gasteiger partial charge in [-0.25, -0.2) is 4.79 Å². The number of hydrogen-bond donors (Lipinski definition) is 5. The van der Waals surface area contributed by atoms with Crippen LogP contribution in [0.25, 0.3) is 0 Å². The first-order chi connectivity index (χ1) is 16.2. The van der Waals surface area contributed by atoms with Gasteiger partial charge < -0.3 is 49.6 Å². The average molecular weight is 502 g/mol. The van der Waals surface area contributed by atoms with Gasteiger partial charge in [0.1, 0.15) is 30.2 Å². The van der Waals surface area contributed by atoms with Gasteiger partial charge in [0.15, 0.2) is 11.5 Å². The van der Waals surface area contributed by atoms with Crippen LogP contribution in [-0.2, 0) is 17.6 Å². The van der Waals surface area contributed by atoms with Gasteiger partial charge in [-0.2, -0.15) is 0 Å². The Hall–Kier alpha value is -2.09. The van der Waals surface area contributed by atoms with Crippen molar-refractivity contribution in [3.8, 4) is 23.0 Å². The summed E-state index contributed by atoms with van der Waals surface area (Å²) in [6.07, 6.45) is -7.08. The average Bonchev–Trinajstić information content (AvgIpc) is 2.82. The van der Waals surface area contributed by atoms with Crippen molar-refractivity contribution in [2.75, 3.05) is 20.8 Å². The molecule has 0 bridgehead atoms. The van der Waals surface area contributed by atoms with Crippen molar-refractivity contribution in [3.05, 3.63) is 47.0 Å². The summed E-state index contributed by atoms with van der Waals surface area (Å²) in [5.74, 6) is -1.26. The van der Waals surface area contributed by atoms with E-state index < -0.39 is 54.6 Å². The third kappa shape index (κ3) is 6.57. The Morgan fingerprint density at radius 2 is 1.69 bits per heavy atom. The fourth-order valence-corrected chi connectivity index (χ4v) is 3.77. The van der Waals surface area contributed by atoms with Crippen molar-refractivity contribution in [2.24, 2.45) is 0 Å². The predicted molar refractivity (Wildman–Crippen MR) is 114 cm³/mol. The molecule has 1 fully saturated rings. The number of methoxy groups -OCH3 is 2. The van der Waals surface area contributed by atoms with E-state index in [1.165, 1.54) is 20.3 Å². The largest absolute Gasteiger partial charge is 1.00 e. The third-order valence-corrected chi connectivity index (χ3v) is 5.60. The van der Waals surface area contributed by atoms with Gasteiger partial charge in [0, 0.05) is 0 Å². The summed E-state index contributed by atoms with van der Waals surface area (Å²) in [5, 5.41) is 61.4.